The summed E-state index contributed by atoms with van der Waals surface area (Å²) in [5, 5.41) is 0. The number of hydrogen-bond acceptors (Lipinski definition) is 3. The third-order valence-corrected chi connectivity index (χ3v) is 2.32. The van der Waals surface area contributed by atoms with E-state index in [2.05, 4.69) is 9.47 Å². The van der Waals surface area contributed by atoms with E-state index in [0.717, 1.165) is 0 Å². The Hall–Kier alpha value is -1.25. The Morgan fingerprint density at radius 2 is 1.18 bits per heavy atom. The van der Waals surface area contributed by atoms with Crippen LogP contribution in [-0.4, -0.2) is 42.1 Å². The zero-order chi connectivity index (χ0) is 18.0. The quantitative estimate of drug-likeness (QED) is 0.532. The number of carbonyl (C=O) groups excluding carboxylic acids is 1. The Morgan fingerprint density at radius 1 is 0.773 bits per heavy atom. The lowest BCUT2D eigenvalue weighted by atomic mass is 10.0. The van der Waals surface area contributed by atoms with Gasteiger partial charge < -0.3 is 0 Å². The molecule has 0 N–H and O–H groups in total. The number of carbonyl (C=O) groups is 1. The molecule has 1 heterocycles. The first-order valence-corrected chi connectivity index (χ1v) is 4.54. The summed E-state index contributed by atoms with van der Waals surface area (Å²) in [6, 6.07) is -4.25. The monoisotopic (exact) mass is 360 g/mol. The maximum atomic E-state index is 13.3. The molecule has 3 nitrogen and oxygen atoms in total. The molecule has 15 heteroatoms. The van der Waals surface area contributed by atoms with Crippen LogP contribution in [0.25, 0.3) is 0 Å². The van der Waals surface area contributed by atoms with Crippen molar-refractivity contribution in [3.05, 3.63) is 0 Å². The SMILES string of the molecule is O=C(F)C1(C(F)(F)F)OC(F)(F)C(F)(F)C(F)(C(F)(F)F)O1. The van der Waals surface area contributed by atoms with Crippen molar-refractivity contribution in [3.63, 3.8) is 0 Å². The third-order valence-electron chi connectivity index (χ3n) is 2.32. The summed E-state index contributed by atoms with van der Waals surface area (Å²) in [4.78, 5) is 10.1. The minimum atomic E-state index is -7.21. The summed E-state index contributed by atoms with van der Waals surface area (Å²) in [6.07, 6.45) is -21.0. The van der Waals surface area contributed by atoms with Gasteiger partial charge in [0.25, 0.3) is 0 Å². The first-order chi connectivity index (χ1) is 9.36. The van der Waals surface area contributed by atoms with Gasteiger partial charge in [0.15, 0.2) is 0 Å². The lowest BCUT2D eigenvalue weighted by Crippen LogP contribution is -2.77. The van der Waals surface area contributed by atoms with E-state index in [-0.39, 0.29) is 0 Å². The van der Waals surface area contributed by atoms with Crippen molar-refractivity contribution in [2.45, 2.75) is 36.0 Å². The second-order valence-electron chi connectivity index (χ2n) is 3.78. The topological polar surface area (TPSA) is 35.5 Å². The molecule has 1 fully saturated rings. The minimum Gasteiger partial charge on any atom is -0.284 e. The fraction of sp³-hybridized carbons (Fsp3) is 0.857. The molecule has 1 saturated heterocycles. The van der Waals surface area contributed by atoms with E-state index < -0.39 is 42.1 Å². The summed E-state index contributed by atoms with van der Waals surface area (Å²) >= 11 is 0. The molecule has 0 saturated carbocycles. The van der Waals surface area contributed by atoms with Gasteiger partial charge in [-0.2, -0.15) is 52.7 Å². The van der Waals surface area contributed by atoms with Gasteiger partial charge in [0, 0.05) is 0 Å². The molecule has 1 aliphatic heterocycles. The van der Waals surface area contributed by atoms with Crippen molar-refractivity contribution >= 4 is 6.04 Å². The Bertz CT molecular complexity index is 480. The molecule has 2 atom stereocenters. The molecule has 2 unspecified atom stereocenters. The highest BCUT2D eigenvalue weighted by Gasteiger charge is 2.92. The van der Waals surface area contributed by atoms with E-state index in [1.54, 1.807) is 0 Å². The van der Waals surface area contributed by atoms with Gasteiger partial charge in [0.1, 0.15) is 0 Å². The summed E-state index contributed by atoms with van der Waals surface area (Å²) < 4.78 is 155. The largest absolute Gasteiger partial charge is 0.455 e. The van der Waals surface area contributed by atoms with Gasteiger partial charge in [-0.15, -0.1) is 0 Å². The second-order valence-corrected chi connectivity index (χ2v) is 3.78. The van der Waals surface area contributed by atoms with Crippen LogP contribution in [0.3, 0.4) is 0 Å². The van der Waals surface area contributed by atoms with Crippen LogP contribution in [0.5, 0.6) is 0 Å². The molecule has 0 spiro atoms. The summed E-state index contributed by atoms with van der Waals surface area (Å²) in [7, 11) is 0. The normalized spacial score (nSPS) is 35.3. The summed E-state index contributed by atoms with van der Waals surface area (Å²) in [6.45, 7) is 0. The molecule has 0 radical (unpaired) electrons. The smallest absolute Gasteiger partial charge is 0.284 e. The maximum Gasteiger partial charge on any atom is 0.455 e. The van der Waals surface area contributed by atoms with Gasteiger partial charge in [-0.1, -0.05) is 0 Å². The standard InChI is InChI=1S/C7F12O3/c8-1(20)2(5(12,13)14)21-4(11,6(15,16)17)3(9,10)7(18,19)22-2. The molecule has 0 aromatic carbocycles. The molecule has 1 rings (SSSR count). The molecule has 1 aliphatic rings. The fourth-order valence-corrected chi connectivity index (χ4v) is 1.26. The lowest BCUT2D eigenvalue weighted by Gasteiger charge is -2.48. The van der Waals surface area contributed by atoms with Crippen molar-refractivity contribution in [1.29, 1.82) is 0 Å². The fourth-order valence-electron chi connectivity index (χ4n) is 1.26. The van der Waals surface area contributed by atoms with Crippen molar-refractivity contribution in [2.75, 3.05) is 0 Å². The molecule has 0 aromatic heterocycles. The van der Waals surface area contributed by atoms with Crippen molar-refractivity contribution < 1.29 is 67.0 Å². The number of hydrogen-bond donors (Lipinski definition) is 0. The number of rotatable bonds is 1. The molecular formula is C7F12O3. The van der Waals surface area contributed by atoms with E-state index in [1.807, 2.05) is 0 Å². The maximum absolute atomic E-state index is 13.3. The van der Waals surface area contributed by atoms with E-state index >= 15 is 0 Å². The molecule has 0 aromatic rings. The average molecular weight is 360 g/mol. The average Bonchev–Trinajstić information content (AvgIpc) is 2.21. The molecule has 0 amide bonds. The summed E-state index contributed by atoms with van der Waals surface area (Å²) in [5.41, 5.74) is 0. The second kappa shape index (κ2) is 4.39. The molecular weight excluding hydrogens is 360 g/mol. The number of alkyl halides is 11. The number of halogens is 12. The van der Waals surface area contributed by atoms with Gasteiger partial charge in [0.2, 0.25) is 0 Å². The predicted octanol–water partition coefficient (Wildman–Crippen LogP) is 3.24. The molecule has 130 valence electrons. The molecule has 22 heavy (non-hydrogen) atoms. The van der Waals surface area contributed by atoms with Gasteiger partial charge >= 0.3 is 42.1 Å². The van der Waals surface area contributed by atoms with Crippen LogP contribution in [-0.2, 0) is 14.3 Å². The highest BCUT2D eigenvalue weighted by Crippen LogP contribution is 2.61. The van der Waals surface area contributed by atoms with Crippen LogP contribution in [0.2, 0.25) is 0 Å². The van der Waals surface area contributed by atoms with Gasteiger partial charge in [-0.05, 0) is 0 Å². The highest BCUT2D eigenvalue weighted by atomic mass is 19.4. The van der Waals surface area contributed by atoms with E-state index in [1.165, 1.54) is 0 Å². The van der Waals surface area contributed by atoms with Gasteiger partial charge in [-0.3, -0.25) is 14.3 Å². The van der Waals surface area contributed by atoms with Crippen LogP contribution in [0.4, 0.5) is 52.7 Å². The molecule has 0 aliphatic carbocycles. The van der Waals surface area contributed by atoms with E-state index in [0.29, 0.717) is 0 Å². The third kappa shape index (κ3) is 2.12. The molecule has 0 bridgehead atoms. The van der Waals surface area contributed by atoms with Crippen LogP contribution in [0.1, 0.15) is 0 Å². The van der Waals surface area contributed by atoms with Gasteiger partial charge in [0.05, 0.1) is 0 Å². The van der Waals surface area contributed by atoms with Crippen LogP contribution in [0.15, 0.2) is 0 Å². The van der Waals surface area contributed by atoms with Crippen molar-refractivity contribution in [1.82, 2.24) is 0 Å². The van der Waals surface area contributed by atoms with Crippen molar-refractivity contribution in [2.24, 2.45) is 0 Å². The first-order valence-electron chi connectivity index (χ1n) is 4.54. The Balaban J connectivity index is 3.71. The van der Waals surface area contributed by atoms with Crippen molar-refractivity contribution in [3.8, 4) is 0 Å². The predicted molar refractivity (Wildman–Crippen MR) is 36.9 cm³/mol. The Labute approximate surface area is 110 Å². The van der Waals surface area contributed by atoms with Crippen LogP contribution >= 0.6 is 0 Å². The summed E-state index contributed by atoms with van der Waals surface area (Å²) in [5.74, 6) is -20.4. The van der Waals surface area contributed by atoms with E-state index in [4.69, 9.17) is 0 Å². The number of ether oxygens (including phenoxy) is 2. The van der Waals surface area contributed by atoms with Gasteiger partial charge in [-0.25, -0.2) is 0 Å². The lowest BCUT2D eigenvalue weighted by molar-refractivity contribution is -0.586. The van der Waals surface area contributed by atoms with Crippen LogP contribution in [0, 0.1) is 0 Å². The van der Waals surface area contributed by atoms with Crippen LogP contribution < -0.4 is 0 Å². The van der Waals surface area contributed by atoms with E-state index in [9.17, 15) is 57.5 Å². The Kier molecular flexibility index (Phi) is 3.75. The zero-order valence-electron chi connectivity index (χ0n) is 9.26. The zero-order valence-corrected chi connectivity index (χ0v) is 9.26. The highest BCUT2D eigenvalue weighted by molar-refractivity contribution is 5.78. The Morgan fingerprint density at radius 3 is 1.45 bits per heavy atom. The first kappa shape index (κ1) is 18.8. The minimum absolute atomic E-state index is 2.10.